The van der Waals surface area contributed by atoms with Gasteiger partial charge in [0.25, 0.3) is 0 Å². The molecule has 0 aliphatic carbocycles. The van der Waals surface area contributed by atoms with E-state index in [1.807, 2.05) is 13.8 Å². The van der Waals surface area contributed by atoms with Crippen LogP contribution < -0.4 is 0 Å². The zero-order valence-electron chi connectivity index (χ0n) is 13.2. The molecule has 1 saturated heterocycles. The lowest BCUT2D eigenvalue weighted by Gasteiger charge is -2.45. The molecule has 1 rings (SSSR count). The van der Waals surface area contributed by atoms with Crippen LogP contribution in [0.3, 0.4) is 0 Å². The lowest BCUT2D eigenvalue weighted by atomic mass is 9.79. The van der Waals surface area contributed by atoms with Crippen molar-refractivity contribution >= 4 is 11.9 Å². The number of hydrogen-bond acceptors (Lipinski definition) is 5. The normalized spacial score (nSPS) is 33.9. The summed E-state index contributed by atoms with van der Waals surface area (Å²) in [7, 11) is 0. The largest absolute Gasteiger partial charge is 0.463 e. The molecule has 0 saturated carbocycles. The molecule has 0 spiro atoms. The highest BCUT2D eigenvalue weighted by Gasteiger charge is 2.44. The average Bonchev–Trinajstić information content (AvgIpc) is 2.32. The fraction of sp³-hybridized carbons (Fsp3) is 0.867. The van der Waals surface area contributed by atoms with Crippen LogP contribution in [0.1, 0.15) is 41.5 Å². The quantitative estimate of drug-likeness (QED) is 0.741. The van der Waals surface area contributed by atoms with Crippen LogP contribution in [0.5, 0.6) is 0 Å². The van der Waals surface area contributed by atoms with Crippen LogP contribution >= 0.6 is 0 Å². The summed E-state index contributed by atoms with van der Waals surface area (Å²) in [5.74, 6) is -0.213. The molecule has 0 aromatic rings. The lowest BCUT2D eigenvalue weighted by molar-refractivity contribution is -0.207. The molecule has 0 radical (unpaired) electrons. The van der Waals surface area contributed by atoms with Gasteiger partial charge in [0.1, 0.15) is 12.7 Å². The summed E-state index contributed by atoms with van der Waals surface area (Å²) in [6.07, 6.45) is -0.475. The maximum atomic E-state index is 11.3. The standard InChI is InChI=1S/C15H26O5/c1-8(2)14-10(4)15(19-12(6)17)9(3)13(20-14)7-18-11(5)16/h8-10,13-15H,7H2,1-6H3/t9-,10-,13-,14?,15+/m1/s1. The molecule has 0 aromatic heterocycles. The molecule has 1 heterocycles. The van der Waals surface area contributed by atoms with Gasteiger partial charge in [0.15, 0.2) is 0 Å². The number of carbonyl (C=O) groups is 2. The topological polar surface area (TPSA) is 61.8 Å². The minimum Gasteiger partial charge on any atom is -0.463 e. The van der Waals surface area contributed by atoms with Crippen molar-refractivity contribution in [1.29, 1.82) is 0 Å². The van der Waals surface area contributed by atoms with Crippen molar-refractivity contribution < 1.29 is 23.8 Å². The minimum atomic E-state index is -0.329. The molecule has 0 bridgehead atoms. The van der Waals surface area contributed by atoms with Gasteiger partial charge < -0.3 is 14.2 Å². The number of ether oxygens (including phenoxy) is 3. The first kappa shape index (κ1) is 17.0. The van der Waals surface area contributed by atoms with Crippen LogP contribution in [0.15, 0.2) is 0 Å². The first-order valence-electron chi connectivity index (χ1n) is 7.20. The van der Waals surface area contributed by atoms with Gasteiger partial charge in [-0.15, -0.1) is 0 Å². The van der Waals surface area contributed by atoms with E-state index in [4.69, 9.17) is 14.2 Å². The van der Waals surface area contributed by atoms with Gasteiger partial charge in [-0.3, -0.25) is 9.59 Å². The summed E-state index contributed by atoms with van der Waals surface area (Å²) < 4.78 is 16.6. The molecule has 5 atom stereocenters. The van der Waals surface area contributed by atoms with Crippen molar-refractivity contribution in [3.05, 3.63) is 0 Å². The Hall–Kier alpha value is -1.10. The molecule has 1 unspecified atom stereocenters. The van der Waals surface area contributed by atoms with Crippen LogP contribution in [0.25, 0.3) is 0 Å². The predicted octanol–water partition coefficient (Wildman–Crippen LogP) is 2.18. The van der Waals surface area contributed by atoms with E-state index in [-0.39, 0.29) is 48.7 Å². The van der Waals surface area contributed by atoms with E-state index in [2.05, 4.69) is 13.8 Å². The summed E-state index contributed by atoms with van der Waals surface area (Å²) in [6.45, 7) is 11.1. The second kappa shape index (κ2) is 7.07. The van der Waals surface area contributed by atoms with Crippen molar-refractivity contribution in [2.75, 3.05) is 6.61 Å². The number of esters is 2. The summed E-state index contributed by atoms with van der Waals surface area (Å²) in [5.41, 5.74) is 0. The Bertz CT molecular complexity index is 352. The maximum Gasteiger partial charge on any atom is 0.302 e. The highest BCUT2D eigenvalue weighted by Crippen LogP contribution is 2.35. The summed E-state index contributed by atoms with van der Waals surface area (Å²) in [5, 5.41) is 0. The third-order valence-corrected chi connectivity index (χ3v) is 3.88. The second-order valence-electron chi connectivity index (χ2n) is 5.98. The molecule has 1 aliphatic heterocycles. The highest BCUT2D eigenvalue weighted by atomic mass is 16.6. The smallest absolute Gasteiger partial charge is 0.302 e. The molecular formula is C15H26O5. The first-order valence-corrected chi connectivity index (χ1v) is 7.20. The summed E-state index contributed by atoms with van der Waals surface area (Å²) >= 11 is 0. The lowest BCUT2D eigenvalue weighted by Crippen LogP contribution is -2.53. The van der Waals surface area contributed by atoms with E-state index >= 15 is 0 Å². The van der Waals surface area contributed by atoms with Crippen molar-refractivity contribution in [2.45, 2.75) is 59.9 Å². The van der Waals surface area contributed by atoms with Crippen LogP contribution in [-0.2, 0) is 23.8 Å². The van der Waals surface area contributed by atoms with Gasteiger partial charge in [-0.05, 0) is 5.92 Å². The second-order valence-corrected chi connectivity index (χ2v) is 5.98. The van der Waals surface area contributed by atoms with Gasteiger partial charge in [-0.1, -0.05) is 27.7 Å². The first-order chi connectivity index (χ1) is 9.23. The van der Waals surface area contributed by atoms with Gasteiger partial charge in [0.2, 0.25) is 0 Å². The number of carbonyl (C=O) groups excluding carboxylic acids is 2. The van der Waals surface area contributed by atoms with Crippen LogP contribution in [0.2, 0.25) is 0 Å². The maximum absolute atomic E-state index is 11.3. The van der Waals surface area contributed by atoms with Gasteiger partial charge in [0.05, 0.1) is 12.2 Å². The minimum absolute atomic E-state index is 0.0109. The van der Waals surface area contributed by atoms with Crippen LogP contribution in [-0.4, -0.2) is 36.9 Å². The van der Waals surface area contributed by atoms with Gasteiger partial charge in [-0.2, -0.15) is 0 Å². The average molecular weight is 286 g/mol. The van der Waals surface area contributed by atoms with Crippen molar-refractivity contribution in [1.82, 2.24) is 0 Å². The Morgan fingerprint density at radius 2 is 1.70 bits per heavy atom. The monoisotopic (exact) mass is 286 g/mol. The molecule has 5 heteroatoms. The van der Waals surface area contributed by atoms with E-state index < -0.39 is 0 Å². The Balaban J connectivity index is 2.85. The third kappa shape index (κ3) is 4.20. The van der Waals surface area contributed by atoms with Gasteiger partial charge >= 0.3 is 11.9 Å². The Labute approximate surface area is 121 Å². The Morgan fingerprint density at radius 1 is 1.10 bits per heavy atom. The predicted molar refractivity (Wildman–Crippen MR) is 74.0 cm³/mol. The molecule has 116 valence electrons. The van der Waals surface area contributed by atoms with E-state index in [1.54, 1.807) is 0 Å². The van der Waals surface area contributed by atoms with E-state index in [0.29, 0.717) is 5.92 Å². The van der Waals surface area contributed by atoms with E-state index in [9.17, 15) is 9.59 Å². The Morgan fingerprint density at radius 3 is 2.15 bits per heavy atom. The fourth-order valence-electron chi connectivity index (χ4n) is 2.89. The molecule has 20 heavy (non-hydrogen) atoms. The van der Waals surface area contributed by atoms with Crippen molar-refractivity contribution in [2.24, 2.45) is 17.8 Å². The van der Waals surface area contributed by atoms with Crippen LogP contribution in [0, 0.1) is 17.8 Å². The number of hydrogen-bond donors (Lipinski definition) is 0. The highest BCUT2D eigenvalue weighted by molar-refractivity contribution is 5.66. The van der Waals surface area contributed by atoms with Gasteiger partial charge in [-0.25, -0.2) is 0 Å². The summed E-state index contributed by atoms with van der Waals surface area (Å²) in [4.78, 5) is 22.3. The van der Waals surface area contributed by atoms with Gasteiger partial charge in [0, 0.05) is 25.7 Å². The van der Waals surface area contributed by atoms with Crippen molar-refractivity contribution in [3.63, 3.8) is 0 Å². The summed E-state index contributed by atoms with van der Waals surface area (Å²) in [6, 6.07) is 0. The van der Waals surface area contributed by atoms with E-state index in [0.717, 1.165) is 0 Å². The molecule has 1 fully saturated rings. The Kier molecular flexibility index (Phi) is 5.99. The molecule has 0 aromatic carbocycles. The van der Waals surface area contributed by atoms with Crippen LogP contribution in [0.4, 0.5) is 0 Å². The molecule has 1 aliphatic rings. The third-order valence-electron chi connectivity index (χ3n) is 3.88. The molecular weight excluding hydrogens is 260 g/mol. The van der Waals surface area contributed by atoms with E-state index in [1.165, 1.54) is 13.8 Å². The SMILES string of the molecule is CC(=O)OC[C@H]1OC(C(C)C)[C@@H](C)[C@@H](OC(C)=O)[C@@H]1C. The zero-order valence-corrected chi connectivity index (χ0v) is 13.2. The molecule has 5 nitrogen and oxygen atoms in total. The molecule has 0 N–H and O–H groups in total. The molecule has 0 amide bonds. The van der Waals surface area contributed by atoms with Crippen molar-refractivity contribution in [3.8, 4) is 0 Å². The zero-order chi connectivity index (χ0) is 15.4. The number of rotatable bonds is 4. The fourth-order valence-corrected chi connectivity index (χ4v) is 2.89.